The molecule has 3 nitrogen and oxygen atoms in total. The minimum Gasteiger partial charge on any atom is -0.486 e. The number of likely N-dealkylation sites (N-methyl/N-ethyl adjacent to an activating group) is 1. The smallest absolute Gasteiger partial charge is 0.175 e. The molecule has 0 radical (unpaired) electrons. The maximum atomic E-state index is 5.62. The fourth-order valence-electron chi connectivity index (χ4n) is 1.95. The number of hydrogen-bond acceptors (Lipinski definition) is 3. The molecule has 1 heterocycles. The van der Waals surface area contributed by atoms with Gasteiger partial charge in [-0.25, -0.2) is 0 Å². The van der Waals surface area contributed by atoms with E-state index in [2.05, 4.69) is 40.3 Å². The molecule has 1 aromatic carbocycles. The van der Waals surface area contributed by atoms with Crippen molar-refractivity contribution in [3.05, 3.63) is 27.7 Å². The second-order valence-electron chi connectivity index (χ2n) is 4.21. The summed E-state index contributed by atoms with van der Waals surface area (Å²) in [6.45, 7) is 4.29. The van der Waals surface area contributed by atoms with Crippen LogP contribution in [0.25, 0.3) is 6.08 Å². The zero-order valence-electron chi connectivity index (χ0n) is 10.8. The van der Waals surface area contributed by atoms with Gasteiger partial charge >= 0.3 is 0 Å². The van der Waals surface area contributed by atoms with Gasteiger partial charge in [0.15, 0.2) is 11.5 Å². The van der Waals surface area contributed by atoms with Crippen molar-refractivity contribution in [3.8, 4) is 11.5 Å². The summed E-state index contributed by atoms with van der Waals surface area (Å²) in [5, 5.41) is 3.18. The van der Waals surface area contributed by atoms with Crippen LogP contribution < -0.4 is 14.8 Å². The zero-order valence-corrected chi connectivity index (χ0v) is 12.3. The highest BCUT2D eigenvalue weighted by Crippen LogP contribution is 2.39. The normalized spacial score (nSPS) is 14.7. The van der Waals surface area contributed by atoms with Gasteiger partial charge in [0, 0.05) is 6.54 Å². The van der Waals surface area contributed by atoms with Crippen molar-refractivity contribution in [1.29, 1.82) is 0 Å². The molecule has 0 saturated heterocycles. The van der Waals surface area contributed by atoms with Gasteiger partial charge in [-0.15, -0.1) is 0 Å². The molecule has 1 aliphatic heterocycles. The average Bonchev–Trinajstić information content (AvgIpc) is 2.38. The Bertz CT molecular complexity index is 457. The maximum Gasteiger partial charge on any atom is 0.175 e. The zero-order chi connectivity index (χ0) is 13.0. The Labute approximate surface area is 116 Å². The van der Waals surface area contributed by atoms with Crippen LogP contribution in [0, 0.1) is 0 Å². The van der Waals surface area contributed by atoms with Gasteiger partial charge in [0.1, 0.15) is 13.2 Å². The molecule has 0 unspecified atom stereocenters. The lowest BCUT2D eigenvalue weighted by molar-refractivity contribution is 0.170. The number of nitrogens with one attached hydrogen (secondary N) is 1. The second-order valence-corrected chi connectivity index (χ2v) is 5.07. The number of ether oxygens (including phenoxy) is 2. The van der Waals surface area contributed by atoms with Gasteiger partial charge < -0.3 is 14.8 Å². The van der Waals surface area contributed by atoms with Crippen molar-refractivity contribution in [2.45, 2.75) is 13.3 Å². The third kappa shape index (κ3) is 3.06. The van der Waals surface area contributed by atoms with Crippen molar-refractivity contribution in [3.63, 3.8) is 0 Å². The van der Waals surface area contributed by atoms with Crippen molar-refractivity contribution < 1.29 is 9.47 Å². The molecule has 2 rings (SSSR count). The van der Waals surface area contributed by atoms with Crippen LogP contribution in [0.3, 0.4) is 0 Å². The predicted octanol–water partition coefficient (Wildman–Crippen LogP) is 3.23. The van der Waals surface area contributed by atoms with E-state index < -0.39 is 0 Å². The van der Waals surface area contributed by atoms with E-state index in [1.54, 1.807) is 0 Å². The number of rotatable bonds is 4. The van der Waals surface area contributed by atoms with Crippen LogP contribution in [0.4, 0.5) is 0 Å². The Hall–Kier alpha value is -1.00. The summed E-state index contributed by atoms with van der Waals surface area (Å²) in [4.78, 5) is 0. The number of benzene rings is 1. The van der Waals surface area contributed by atoms with E-state index in [0.717, 1.165) is 34.5 Å². The lowest BCUT2D eigenvalue weighted by Crippen LogP contribution is -2.15. The lowest BCUT2D eigenvalue weighted by atomic mass is 10.1. The largest absolute Gasteiger partial charge is 0.486 e. The third-order valence-corrected chi connectivity index (χ3v) is 3.44. The highest BCUT2D eigenvalue weighted by atomic mass is 79.9. The van der Waals surface area contributed by atoms with Gasteiger partial charge in [0.05, 0.1) is 4.47 Å². The molecule has 18 heavy (non-hydrogen) atoms. The van der Waals surface area contributed by atoms with Gasteiger partial charge in [-0.3, -0.25) is 0 Å². The monoisotopic (exact) mass is 311 g/mol. The summed E-state index contributed by atoms with van der Waals surface area (Å²) < 4.78 is 12.2. The van der Waals surface area contributed by atoms with E-state index in [1.807, 2.05) is 13.1 Å². The molecule has 1 N–H and O–H groups in total. The molecule has 0 bridgehead atoms. The fraction of sp³-hybridized carbons (Fsp3) is 0.429. The van der Waals surface area contributed by atoms with Crippen LogP contribution in [-0.4, -0.2) is 26.8 Å². The molecule has 0 fully saturated rings. The van der Waals surface area contributed by atoms with Crippen LogP contribution in [0.1, 0.15) is 18.9 Å². The van der Waals surface area contributed by atoms with Gasteiger partial charge in [-0.05, 0) is 47.1 Å². The summed E-state index contributed by atoms with van der Waals surface area (Å²) in [6.07, 6.45) is 3.23. The van der Waals surface area contributed by atoms with Crippen LogP contribution in [-0.2, 0) is 0 Å². The molecule has 0 aliphatic carbocycles. The Morgan fingerprint density at radius 3 is 2.89 bits per heavy atom. The molecule has 1 aliphatic rings. The first-order valence-electron chi connectivity index (χ1n) is 6.17. The molecule has 4 heteroatoms. The topological polar surface area (TPSA) is 30.5 Å². The summed E-state index contributed by atoms with van der Waals surface area (Å²) >= 11 is 3.53. The second kappa shape index (κ2) is 6.25. The minimum absolute atomic E-state index is 0.612. The van der Waals surface area contributed by atoms with E-state index in [0.29, 0.717) is 13.2 Å². The molecule has 98 valence electrons. The van der Waals surface area contributed by atoms with Crippen molar-refractivity contribution in [1.82, 2.24) is 5.32 Å². The first kappa shape index (κ1) is 13.4. The Balaban J connectivity index is 2.31. The minimum atomic E-state index is 0.612. The molecule has 0 spiro atoms. The van der Waals surface area contributed by atoms with Crippen LogP contribution in [0.5, 0.6) is 11.5 Å². The number of fused-ring (bicyclic) bond motifs is 1. The Morgan fingerprint density at radius 2 is 2.17 bits per heavy atom. The van der Waals surface area contributed by atoms with Crippen molar-refractivity contribution >= 4 is 22.0 Å². The number of hydrogen-bond donors (Lipinski definition) is 1. The maximum absolute atomic E-state index is 5.62. The van der Waals surface area contributed by atoms with Crippen molar-refractivity contribution in [2.24, 2.45) is 0 Å². The molecule has 0 atom stereocenters. The van der Waals surface area contributed by atoms with Crippen LogP contribution >= 0.6 is 15.9 Å². The summed E-state index contributed by atoms with van der Waals surface area (Å²) in [7, 11) is 1.96. The average molecular weight is 312 g/mol. The molecular weight excluding hydrogens is 294 g/mol. The highest BCUT2D eigenvalue weighted by molar-refractivity contribution is 9.10. The van der Waals surface area contributed by atoms with Gasteiger partial charge in [-0.1, -0.05) is 18.6 Å². The first-order valence-corrected chi connectivity index (χ1v) is 6.97. The SMILES string of the molecule is CCC(=Cc1cc(Br)c2c(c1)OCCO2)CNC. The molecule has 1 aromatic rings. The number of halogens is 1. The third-order valence-electron chi connectivity index (χ3n) is 2.85. The first-order chi connectivity index (χ1) is 8.74. The summed E-state index contributed by atoms with van der Waals surface area (Å²) in [5.41, 5.74) is 2.50. The van der Waals surface area contributed by atoms with Crippen molar-refractivity contribution in [2.75, 3.05) is 26.8 Å². The van der Waals surface area contributed by atoms with Gasteiger partial charge in [0.2, 0.25) is 0 Å². The summed E-state index contributed by atoms with van der Waals surface area (Å²) in [5.74, 6) is 1.63. The van der Waals surface area contributed by atoms with Crippen LogP contribution in [0.15, 0.2) is 22.2 Å². The Kier molecular flexibility index (Phi) is 4.66. The summed E-state index contributed by atoms with van der Waals surface area (Å²) in [6, 6.07) is 4.10. The van der Waals surface area contributed by atoms with E-state index in [4.69, 9.17) is 9.47 Å². The quantitative estimate of drug-likeness (QED) is 0.926. The van der Waals surface area contributed by atoms with Gasteiger partial charge in [0.25, 0.3) is 0 Å². The lowest BCUT2D eigenvalue weighted by Gasteiger charge is -2.20. The fourth-order valence-corrected chi connectivity index (χ4v) is 2.53. The van der Waals surface area contributed by atoms with E-state index in [-0.39, 0.29) is 0 Å². The molecule has 0 saturated carbocycles. The molecular formula is C14H18BrNO2. The predicted molar refractivity (Wildman–Crippen MR) is 77.3 cm³/mol. The van der Waals surface area contributed by atoms with E-state index in [9.17, 15) is 0 Å². The standard InChI is InChI=1S/C14H18BrNO2/c1-3-10(9-16-2)6-11-7-12(15)14-13(8-11)17-4-5-18-14/h6-8,16H,3-5,9H2,1-2H3. The van der Waals surface area contributed by atoms with Crippen LogP contribution in [0.2, 0.25) is 0 Å². The molecule has 0 aromatic heterocycles. The Morgan fingerprint density at radius 1 is 1.39 bits per heavy atom. The van der Waals surface area contributed by atoms with E-state index in [1.165, 1.54) is 5.57 Å². The highest BCUT2D eigenvalue weighted by Gasteiger charge is 2.15. The van der Waals surface area contributed by atoms with Gasteiger partial charge in [-0.2, -0.15) is 0 Å². The van der Waals surface area contributed by atoms with E-state index >= 15 is 0 Å². The molecule has 0 amide bonds.